The smallest absolute Gasteiger partial charge is 0.134 e. The molecule has 2 aromatic carbocycles. The molecule has 1 aliphatic heterocycles. The van der Waals surface area contributed by atoms with E-state index in [4.69, 9.17) is 15.5 Å². The molecule has 6 heteroatoms. The quantitative estimate of drug-likeness (QED) is 0.327. The number of para-hydroxylation sites is 1. The average Bonchev–Trinajstić information content (AvgIpc) is 3.31. The van der Waals surface area contributed by atoms with E-state index in [0.717, 1.165) is 79.4 Å². The van der Waals surface area contributed by atoms with Crippen LogP contribution in [0.15, 0.2) is 60.2 Å². The van der Waals surface area contributed by atoms with Gasteiger partial charge in [0, 0.05) is 38.4 Å². The number of anilines is 2. The number of nitrogen functional groups attached to an aromatic ring is 1. The minimum atomic E-state index is 0.681. The van der Waals surface area contributed by atoms with E-state index in [9.17, 15) is 0 Å². The van der Waals surface area contributed by atoms with Crippen molar-refractivity contribution >= 4 is 28.0 Å². The number of imidazole rings is 1. The van der Waals surface area contributed by atoms with Crippen LogP contribution in [0.2, 0.25) is 0 Å². The minimum Gasteiger partial charge on any atom is -0.492 e. The average molecular weight is 460 g/mol. The second-order valence-corrected chi connectivity index (χ2v) is 8.89. The molecule has 4 rings (SSSR count). The van der Waals surface area contributed by atoms with Crippen molar-refractivity contribution in [1.82, 2.24) is 14.9 Å². The van der Waals surface area contributed by atoms with Crippen molar-refractivity contribution in [2.24, 2.45) is 0 Å². The molecule has 0 spiro atoms. The number of aromatic amines is 1. The molecule has 3 N–H and O–H groups in total. The molecule has 6 nitrogen and oxygen atoms in total. The highest BCUT2D eigenvalue weighted by atomic mass is 16.5. The van der Waals surface area contributed by atoms with E-state index in [-0.39, 0.29) is 0 Å². The fourth-order valence-corrected chi connectivity index (χ4v) is 4.34. The first-order valence-electron chi connectivity index (χ1n) is 12.4. The number of H-pyrrole nitrogens is 1. The summed E-state index contributed by atoms with van der Waals surface area (Å²) in [6, 6.07) is 14.0. The Morgan fingerprint density at radius 1 is 1.03 bits per heavy atom. The van der Waals surface area contributed by atoms with Crippen LogP contribution in [0.3, 0.4) is 0 Å². The number of hydrogen-bond donors (Lipinski definition) is 2. The van der Waals surface area contributed by atoms with Gasteiger partial charge in [-0.05, 0) is 61.7 Å². The lowest BCUT2D eigenvalue weighted by molar-refractivity contribution is 0.200. The van der Waals surface area contributed by atoms with Crippen LogP contribution in [0.5, 0.6) is 5.75 Å². The van der Waals surface area contributed by atoms with Crippen molar-refractivity contribution in [2.45, 2.75) is 33.6 Å². The van der Waals surface area contributed by atoms with E-state index in [1.165, 1.54) is 11.3 Å². The molecule has 1 aromatic heterocycles. The predicted molar refractivity (Wildman–Crippen MR) is 143 cm³/mol. The third-order valence-corrected chi connectivity index (χ3v) is 6.61. The van der Waals surface area contributed by atoms with Gasteiger partial charge in [-0.3, -0.25) is 4.90 Å². The van der Waals surface area contributed by atoms with Crippen LogP contribution < -0.4 is 15.4 Å². The number of benzene rings is 2. The SMILES string of the molecule is CCC(=C/C=C(\C)c1nc2c(N3CCN(CCOc4ccc(N)cc4)CC3)cccc2[nH]1)CC. The van der Waals surface area contributed by atoms with E-state index >= 15 is 0 Å². The van der Waals surface area contributed by atoms with Crippen LogP contribution in [0, 0.1) is 0 Å². The van der Waals surface area contributed by atoms with Gasteiger partial charge in [0.1, 0.15) is 23.7 Å². The van der Waals surface area contributed by atoms with E-state index < -0.39 is 0 Å². The highest BCUT2D eigenvalue weighted by Gasteiger charge is 2.20. The number of nitrogens with zero attached hydrogens (tertiary/aromatic N) is 3. The first kappa shape index (κ1) is 23.9. The Bertz CT molecular complexity index is 1130. The maximum Gasteiger partial charge on any atom is 0.134 e. The molecule has 0 atom stereocenters. The standard InChI is InChI=1S/C28H37N5O/c1-4-22(5-2)10-9-21(3)28-30-25-7-6-8-26(27(25)31-28)33-17-15-32(16-18-33)19-20-34-24-13-11-23(29)12-14-24/h6-14H,4-5,15-20,29H2,1-3H3,(H,30,31)/b21-9+. The highest BCUT2D eigenvalue weighted by molar-refractivity contribution is 5.90. The van der Waals surface area contributed by atoms with Gasteiger partial charge in [0.25, 0.3) is 0 Å². The van der Waals surface area contributed by atoms with Crippen LogP contribution in [-0.4, -0.2) is 54.2 Å². The first-order valence-corrected chi connectivity index (χ1v) is 12.4. The Morgan fingerprint density at radius 2 is 1.76 bits per heavy atom. The van der Waals surface area contributed by atoms with E-state index in [0.29, 0.717) is 6.61 Å². The fraction of sp³-hybridized carbons (Fsp3) is 0.393. The summed E-state index contributed by atoms with van der Waals surface area (Å²) in [4.78, 5) is 13.4. The Hall–Kier alpha value is -3.25. The van der Waals surface area contributed by atoms with Gasteiger partial charge in [-0.1, -0.05) is 37.6 Å². The lowest BCUT2D eigenvalue weighted by Gasteiger charge is -2.36. The molecule has 0 aliphatic carbocycles. The van der Waals surface area contributed by atoms with E-state index in [1.54, 1.807) is 0 Å². The number of nitrogens with two attached hydrogens (primary N) is 1. The number of hydrogen-bond acceptors (Lipinski definition) is 5. The number of allylic oxidation sites excluding steroid dienone is 4. The predicted octanol–water partition coefficient (Wildman–Crippen LogP) is 5.50. The lowest BCUT2D eigenvalue weighted by Crippen LogP contribution is -2.47. The number of nitrogens with one attached hydrogen (secondary N) is 1. The van der Waals surface area contributed by atoms with Gasteiger partial charge in [-0.2, -0.15) is 0 Å². The second kappa shape index (κ2) is 11.3. The van der Waals surface area contributed by atoms with E-state index in [1.807, 2.05) is 24.3 Å². The zero-order valence-corrected chi connectivity index (χ0v) is 20.7. The largest absolute Gasteiger partial charge is 0.492 e. The van der Waals surface area contributed by atoms with Crippen molar-refractivity contribution in [3.05, 3.63) is 66.0 Å². The number of ether oxygens (including phenoxy) is 1. The molecule has 0 radical (unpaired) electrons. The summed E-state index contributed by atoms with van der Waals surface area (Å²) in [5.41, 5.74) is 12.5. The molecule has 0 saturated carbocycles. The van der Waals surface area contributed by atoms with Gasteiger partial charge in [0.2, 0.25) is 0 Å². The van der Waals surface area contributed by atoms with Crippen molar-refractivity contribution in [2.75, 3.05) is 50.0 Å². The van der Waals surface area contributed by atoms with Crippen molar-refractivity contribution < 1.29 is 4.74 Å². The number of aromatic nitrogens is 2. The van der Waals surface area contributed by atoms with Crippen LogP contribution in [0.1, 0.15) is 39.4 Å². The van der Waals surface area contributed by atoms with Crippen molar-refractivity contribution in [3.63, 3.8) is 0 Å². The molecule has 3 aromatic rings. The van der Waals surface area contributed by atoms with Gasteiger partial charge in [0.05, 0.1) is 11.2 Å². The topological polar surface area (TPSA) is 70.4 Å². The molecular weight excluding hydrogens is 422 g/mol. The summed E-state index contributed by atoms with van der Waals surface area (Å²) >= 11 is 0. The van der Waals surface area contributed by atoms with Crippen molar-refractivity contribution in [3.8, 4) is 5.75 Å². The molecule has 0 amide bonds. The first-order chi connectivity index (χ1) is 16.6. The van der Waals surface area contributed by atoms with Gasteiger partial charge in [-0.15, -0.1) is 0 Å². The number of rotatable bonds is 9. The summed E-state index contributed by atoms with van der Waals surface area (Å²) < 4.78 is 5.87. The Labute approximate surface area is 203 Å². The molecular formula is C28H37N5O. The normalized spacial score (nSPS) is 15.0. The second-order valence-electron chi connectivity index (χ2n) is 8.89. The summed E-state index contributed by atoms with van der Waals surface area (Å²) in [5.74, 6) is 1.82. The van der Waals surface area contributed by atoms with Gasteiger partial charge in [0.15, 0.2) is 0 Å². The third kappa shape index (κ3) is 5.81. The molecule has 1 fully saturated rings. The Morgan fingerprint density at radius 3 is 2.47 bits per heavy atom. The molecule has 180 valence electrons. The van der Waals surface area contributed by atoms with Gasteiger partial charge < -0.3 is 20.4 Å². The zero-order chi connectivity index (χ0) is 23.9. The van der Waals surface area contributed by atoms with Crippen LogP contribution in [0.25, 0.3) is 16.6 Å². The molecule has 2 heterocycles. The van der Waals surface area contributed by atoms with Gasteiger partial charge in [-0.25, -0.2) is 4.98 Å². The number of piperazine rings is 1. The highest BCUT2D eigenvalue weighted by Crippen LogP contribution is 2.28. The molecule has 1 saturated heterocycles. The summed E-state index contributed by atoms with van der Waals surface area (Å²) in [5, 5.41) is 0. The fourth-order valence-electron chi connectivity index (χ4n) is 4.34. The van der Waals surface area contributed by atoms with Crippen LogP contribution in [-0.2, 0) is 0 Å². The summed E-state index contributed by atoms with van der Waals surface area (Å²) in [6.07, 6.45) is 6.60. The summed E-state index contributed by atoms with van der Waals surface area (Å²) in [7, 11) is 0. The van der Waals surface area contributed by atoms with Crippen LogP contribution >= 0.6 is 0 Å². The van der Waals surface area contributed by atoms with Gasteiger partial charge >= 0.3 is 0 Å². The van der Waals surface area contributed by atoms with E-state index in [2.05, 4.69) is 65.9 Å². The monoisotopic (exact) mass is 459 g/mol. The van der Waals surface area contributed by atoms with Crippen LogP contribution in [0.4, 0.5) is 11.4 Å². The molecule has 0 unspecified atom stereocenters. The lowest BCUT2D eigenvalue weighted by atomic mass is 10.1. The van der Waals surface area contributed by atoms with Crippen molar-refractivity contribution in [1.29, 1.82) is 0 Å². The Kier molecular flexibility index (Phi) is 7.91. The molecule has 0 bridgehead atoms. The number of fused-ring (bicyclic) bond motifs is 1. The maximum absolute atomic E-state index is 5.87. The maximum atomic E-state index is 5.87. The summed E-state index contributed by atoms with van der Waals surface area (Å²) in [6.45, 7) is 12.1. The zero-order valence-electron chi connectivity index (χ0n) is 20.7. The molecule has 34 heavy (non-hydrogen) atoms. The minimum absolute atomic E-state index is 0.681. The third-order valence-electron chi connectivity index (χ3n) is 6.61. The molecule has 1 aliphatic rings. The Balaban J connectivity index is 1.37.